The second kappa shape index (κ2) is 1.53. The Labute approximate surface area is 40.7 Å². The molecule has 0 fully saturated rings. The van der Waals surface area contributed by atoms with E-state index >= 15 is 0 Å². The average molecular weight is 114 g/mol. The van der Waals surface area contributed by atoms with E-state index in [2.05, 4.69) is 5.67 Å². The predicted molar refractivity (Wildman–Crippen MR) is 32.5 cm³/mol. The first-order valence-corrected chi connectivity index (χ1v) is 6.58. The Balaban J connectivity index is 2.61. The van der Waals surface area contributed by atoms with E-state index in [0.717, 1.165) is 0 Å². The Bertz CT molecular complexity index is 105. The van der Waals surface area contributed by atoms with Crippen molar-refractivity contribution < 1.29 is 5.11 Å². The summed E-state index contributed by atoms with van der Waals surface area (Å²) in [6, 6.07) is 0. The van der Waals surface area contributed by atoms with Crippen LogP contribution in [-0.2, 0) is 0 Å². The second-order valence-corrected chi connectivity index (χ2v) is 5.92. The van der Waals surface area contributed by atoms with Crippen molar-refractivity contribution in [1.29, 1.82) is 0 Å². The first-order valence-electron chi connectivity index (χ1n) is 1.94. The third-order valence-corrected chi connectivity index (χ3v) is 4.88. The summed E-state index contributed by atoms with van der Waals surface area (Å²) in [7, 11) is 0.476. The van der Waals surface area contributed by atoms with Gasteiger partial charge in [0.15, 0.2) is 0 Å². The maximum Gasteiger partial charge on any atom is 0.106 e. The zero-order valence-electron chi connectivity index (χ0n) is 3.39. The zero-order chi connectivity index (χ0) is 4.41. The van der Waals surface area contributed by atoms with Gasteiger partial charge in [-0.05, 0) is 14.7 Å². The molecule has 1 rings (SSSR count). The Hall–Kier alpha value is -0.156. The van der Waals surface area contributed by atoms with Gasteiger partial charge in [-0.2, -0.15) is 0 Å². The van der Waals surface area contributed by atoms with Crippen molar-refractivity contribution in [3.05, 3.63) is 11.5 Å². The molecule has 0 aromatic heterocycles. The lowest BCUT2D eigenvalue weighted by molar-refractivity contribution is 0.453. The van der Waals surface area contributed by atoms with Gasteiger partial charge in [0.05, 0.1) is 5.38 Å². The minimum Gasteiger partial charge on any atom is -0.518 e. The van der Waals surface area contributed by atoms with Crippen molar-refractivity contribution in [1.82, 2.24) is 0 Å². The molecular weight excluding hydrogens is 108 g/mol. The van der Waals surface area contributed by atoms with Gasteiger partial charge in [0.2, 0.25) is 0 Å². The number of hydrogen-bond acceptors (Lipinski definition) is 1. The van der Waals surface area contributed by atoms with Crippen molar-refractivity contribution in [3.8, 4) is 0 Å². The Kier molecular flexibility index (Phi) is 1.02. The van der Waals surface area contributed by atoms with Crippen LogP contribution in [0.1, 0.15) is 0 Å². The van der Waals surface area contributed by atoms with Crippen LogP contribution in [0.2, 0.25) is 0 Å². The van der Waals surface area contributed by atoms with Crippen LogP contribution in [0.15, 0.2) is 11.5 Å². The van der Waals surface area contributed by atoms with E-state index < -0.39 is 0 Å². The first kappa shape index (κ1) is 4.01. The van der Waals surface area contributed by atoms with Gasteiger partial charge >= 0.3 is 0 Å². The third kappa shape index (κ3) is 0.664. The molecule has 1 nitrogen and oxygen atoms in total. The van der Waals surface area contributed by atoms with E-state index in [1.54, 1.807) is 0 Å². The highest BCUT2D eigenvalue weighted by Gasteiger charge is 1.91. The molecule has 0 saturated heterocycles. The van der Waals surface area contributed by atoms with Crippen LogP contribution in [-0.4, -0.2) is 28.5 Å². The molecule has 0 spiro atoms. The lowest BCUT2D eigenvalue weighted by Crippen LogP contribution is -1.91. The van der Waals surface area contributed by atoms with Gasteiger partial charge in [-0.25, -0.2) is 0 Å². The fourth-order valence-corrected chi connectivity index (χ4v) is 3.67. The standard InChI is InChI=1S/C3H6OSi2/c4-3-1-2-5-6-3/h1-2,4-5H,6H2. The molecule has 1 heterocycles. The molecule has 0 radical (unpaired) electrons. The fourth-order valence-electron chi connectivity index (χ4n) is 0.436. The normalized spacial score (nSPS) is 22.3. The number of rotatable bonds is 0. The predicted octanol–water partition coefficient (Wildman–Crippen LogP) is -1.28. The number of aliphatic hydroxyl groups excluding tert-OH is 1. The average Bonchev–Trinajstić information content (AvgIpc) is 1.86. The van der Waals surface area contributed by atoms with E-state index in [1.807, 2.05) is 6.08 Å². The van der Waals surface area contributed by atoms with Crippen LogP contribution in [0, 0.1) is 0 Å². The summed E-state index contributed by atoms with van der Waals surface area (Å²) in [6.45, 7) is 0. The van der Waals surface area contributed by atoms with Gasteiger partial charge in [-0.1, -0.05) is 5.67 Å². The van der Waals surface area contributed by atoms with Crippen LogP contribution >= 0.6 is 0 Å². The van der Waals surface area contributed by atoms with Crippen LogP contribution in [0.5, 0.6) is 0 Å². The summed E-state index contributed by atoms with van der Waals surface area (Å²) >= 11 is 0. The maximum atomic E-state index is 8.64. The molecule has 0 aromatic rings. The van der Waals surface area contributed by atoms with Crippen LogP contribution < -0.4 is 0 Å². The lowest BCUT2D eigenvalue weighted by Gasteiger charge is -1.78. The van der Waals surface area contributed by atoms with E-state index in [0.29, 0.717) is 14.0 Å². The molecule has 0 aliphatic carbocycles. The first-order chi connectivity index (χ1) is 2.89. The van der Waals surface area contributed by atoms with Gasteiger partial charge in [0.1, 0.15) is 9.04 Å². The van der Waals surface area contributed by atoms with Crippen molar-refractivity contribution >= 4 is 23.4 Å². The maximum absolute atomic E-state index is 8.64. The molecule has 0 bridgehead atoms. The van der Waals surface area contributed by atoms with Gasteiger partial charge < -0.3 is 5.11 Å². The lowest BCUT2D eigenvalue weighted by atomic mass is 10.7. The molecule has 0 saturated carbocycles. The quantitative estimate of drug-likeness (QED) is 0.389. The summed E-state index contributed by atoms with van der Waals surface area (Å²) < 4.78 is 0. The van der Waals surface area contributed by atoms with E-state index in [-0.39, 0.29) is 9.04 Å². The SMILES string of the molecule is OC1=CC=[SiH][SiH2]1. The third-order valence-electron chi connectivity index (χ3n) is 0.752. The second-order valence-electron chi connectivity index (χ2n) is 1.29. The summed E-state index contributed by atoms with van der Waals surface area (Å²) in [5.74, 6) is 0. The van der Waals surface area contributed by atoms with E-state index in [1.165, 1.54) is 0 Å². The van der Waals surface area contributed by atoms with Gasteiger partial charge in [0, 0.05) is 0 Å². The Morgan fingerprint density at radius 3 is 2.83 bits per heavy atom. The van der Waals surface area contributed by atoms with Crippen LogP contribution in [0.4, 0.5) is 0 Å². The molecule has 1 N–H and O–H groups in total. The minimum absolute atomic E-state index is 0.0880. The molecular formula is C3H6OSi2. The molecule has 0 atom stereocenters. The minimum atomic E-state index is -0.0880. The summed E-state index contributed by atoms with van der Waals surface area (Å²) in [4.78, 5) is 0. The van der Waals surface area contributed by atoms with E-state index in [9.17, 15) is 0 Å². The Morgan fingerprint density at radius 2 is 2.67 bits per heavy atom. The van der Waals surface area contributed by atoms with Crippen molar-refractivity contribution in [3.63, 3.8) is 0 Å². The molecule has 1 aliphatic rings. The Morgan fingerprint density at radius 1 is 1.83 bits per heavy atom. The molecule has 0 amide bonds. The van der Waals surface area contributed by atoms with Gasteiger partial charge in [-0.3, -0.25) is 0 Å². The van der Waals surface area contributed by atoms with Crippen LogP contribution in [0.25, 0.3) is 0 Å². The van der Waals surface area contributed by atoms with Gasteiger partial charge in [0.25, 0.3) is 0 Å². The summed E-state index contributed by atoms with van der Waals surface area (Å²) in [5.41, 5.74) is 2.11. The van der Waals surface area contributed by atoms with Gasteiger partial charge in [-0.15, -0.1) is 0 Å². The smallest absolute Gasteiger partial charge is 0.106 e. The molecule has 0 aromatic carbocycles. The number of hydrogen-bond donors (Lipinski definition) is 1. The van der Waals surface area contributed by atoms with E-state index in [4.69, 9.17) is 5.11 Å². The molecule has 3 heteroatoms. The number of allylic oxidation sites excluding steroid dienone is 1. The number of aliphatic hydroxyl groups is 1. The molecule has 32 valence electrons. The highest BCUT2D eigenvalue weighted by Crippen LogP contribution is 1.82. The van der Waals surface area contributed by atoms with Crippen molar-refractivity contribution in [2.24, 2.45) is 0 Å². The van der Waals surface area contributed by atoms with Crippen molar-refractivity contribution in [2.45, 2.75) is 0 Å². The largest absolute Gasteiger partial charge is 0.518 e. The van der Waals surface area contributed by atoms with Crippen molar-refractivity contribution in [2.75, 3.05) is 0 Å². The highest BCUT2D eigenvalue weighted by atomic mass is 29.1. The fraction of sp³-hybridized carbons (Fsp3) is 0. The zero-order valence-corrected chi connectivity index (χ0v) is 5.96. The summed E-state index contributed by atoms with van der Waals surface area (Å²) in [5, 5.41) is 9.34. The summed E-state index contributed by atoms with van der Waals surface area (Å²) in [6.07, 6.45) is 1.85. The van der Waals surface area contributed by atoms with Crippen LogP contribution in [0.3, 0.4) is 0 Å². The molecule has 6 heavy (non-hydrogen) atoms. The highest BCUT2D eigenvalue weighted by molar-refractivity contribution is 7.07. The topological polar surface area (TPSA) is 20.2 Å². The molecule has 0 unspecified atom stereocenters. The monoisotopic (exact) mass is 114 g/mol. The molecule has 1 aliphatic heterocycles.